The molecular weight excluding hydrogens is 304 g/mol. The zero-order valence-corrected chi connectivity index (χ0v) is 13.7. The Morgan fingerprint density at radius 3 is 2.20 bits per heavy atom. The number of rotatable bonds is 3. The summed E-state index contributed by atoms with van der Waals surface area (Å²) in [6, 6.07) is 28.5. The van der Waals surface area contributed by atoms with Crippen molar-refractivity contribution in [2.45, 2.75) is 0 Å². The molecule has 2 heteroatoms. The lowest BCUT2D eigenvalue weighted by Gasteiger charge is -2.08. The lowest BCUT2D eigenvalue weighted by Crippen LogP contribution is -2.02. The molecule has 0 aliphatic rings. The fourth-order valence-electron chi connectivity index (χ4n) is 3.13. The van der Waals surface area contributed by atoms with Crippen molar-refractivity contribution in [3.63, 3.8) is 0 Å². The smallest absolute Gasteiger partial charge is 0.0632 e. The van der Waals surface area contributed by atoms with Gasteiger partial charge < -0.3 is 11.1 Å². The summed E-state index contributed by atoms with van der Waals surface area (Å²) in [4.78, 5) is 0. The van der Waals surface area contributed by atoms with Gasteiger partial charge in [-0.3, -0.25) is 0 Å². The topological polar surface area (TPSA) is 49.9 Å². The Balaban J connectivity index is 1.75. The molecule has 0 aromatic heterocycles. The first-order valence-corrected chi connectivity index (χ1v) is 8.25. The number of benzene rings is 4. The van der Waals surface area contributed by atoms with Crippen molar-refractivity contribution in [1.29, 1.82) is 5.41 Å². The quantitative estimate of drug-likeness (QED) is 0.387. The standard InChI is InChI=1S/C23H18N2/c24-22(17-7-2-1-3-8-17)15-23(25)19-12-13-21-18(14-19)11-10-16-6-4-5-9-20(16)21/h1-15,24H,25H2. The highest BCUT2D eigenvalue weighted by molar-refractivity contribution is 6.11. The molecule has 0 unspecified atom stereocenters. The molecule has 0 aliphatic carbocycles. The Morgan fingerprint density at radius 1 is 0.680 bits per heavy atom. The highest BCUT2D eigenvalue weighted by Gasteiger charge is 2.05. The minimum absolute atomic E-state index is 0.414. The fraction of sp³-hybridized carbons (Fsp3) is 0. The van der Waals surface area contributed by atoms with Crippen LogP contribution in [0.25, 0.3) is 27.2 Å². The summed E-state index contributed by atoms with van der Waals surface area (Å²) in [6.07, 6.45) is 1.72. The molecule has 120 valence electrons. The Hall–Kier alpha value is -3.39. The van der Waals surface area contributed by atoms with Gasteiger partial charge in [0.25, 0.3) is 0 Å². The summed E-state index contributed by atoms with van der Waals surface area (Å²) in [5.41, 5.74) is 9.06. The summed E-state index contributed by atoms with van der Waals surface area (Å²) in [7, 11) is 0. The van der Waals surface area contributed by atoms with Crippen molar-refractivity contribution in [3.05, 3.63) is 102 Å². The van der Waals surface area contributed by atoms with Gasteiger partial charge in [-0.25, -0.2) is 0 Å². The minimum Gasteiger partial charge on any atom is -0.398 e. The monoisotopic (exact) mass is 322 g/mol. The maximum absolute atomic E-state index is 8.22. The molecule has 25 heavy (non-hydrogen) atoms. The summed E-state index contributed by atoms with van der Waals surface area (Å²) in [6.45, 7) is 0. The van der Waals surface area contributed by atoms with E-state index < -0.39 is 0 Å². The van der Waals surface area contributed by atoms with Gasteiger partial charge in [-0.2, -0.15) is 0 Å². The normalized spacial score (nSPS) is 11.8. The van der Waals surface area contributed by atoms with Crippen LogP contribution in [0.3, 0.4) is 0 Å². The number of hydrogen-bond acceptors (Lipinski definition) is 2. The maximum Gasteiger partial charge on any atom is 0.0632 e. The predicted molar refractivity (Wildman–Crippen MR) is 107 cm³/mol. The van der Waals surface area contributed by atoms with E-state index in [1.807, 2.05) is 36.4 Å². The molecule has 0 atom stereocenters. The van der Waals surface area contributed by atoms with Crippen LogP contribution in [0.5, 0.6) is 0 Å². The van der Waals surface area contributed by atoms with Crippen LogP contribution in [-0.2, 0) is 0 Å². The Morgan fingerprint density at radius 2 is 1.36 bits per heavy atom. The first kappa shape index (κ1) is 15.2. The van der Waals surface area contributed by atoms with E-state index in [9.17, 15) is 0 Å². The van der Waals surface area contributed by atoms with Crippen molar-refractivity contribution >= 4 is 33.0 Å². The third-order valence-corrected chi connectivity index (χ3v) is 4.46. The van der Waals surface area contributed by atoms with Gasteiger partial charge in [-0.1, -0.05) is 78.9 Å². The molecule has 0 aliphatic heterocycles. The molecule has 0 fully saturated rings. The highest BCUT2D eigenvalue weighted by atomic mass is 14.6. The van der Waals surface area contributed by atoms with E-state index in [-0.39, 0.29) is 0 Å². The summed E-state index contributed by atoms with van der Waals surface area (Å²) >= 11 is 0. The number of hydrogen-bond donors (Lipinski definition) is 2. The Kier molecular flexibility index (Phi) is 3.79. The average Bonchev–Trinajstić information content (AvgIpc) is 2.68. The second-order valence-electron chi connectivity index (χ2n) is 6.10. The van der Waals surface area contributed by atoms with Gasteiger partial charge in [-0.15, -0.1) is 0 Å². The number of nitrogens with two attached hydrogens (primary N) is 1. The van der Waals surface area contributed by atoms with Gasteiger partial charge in [0.05, 0.1) is 5.71 Å². The Bertz CT molecular complexity index is 1110. The molecular formula is C23H18N2. The largest absolute Gasteiger partial charge is 0.398 e. The van der Waals surface area contributed by atoms with Crippen LogP contribution in [0, 0.1) is 5.41 Å². The van der Waals surface area contributed by atoms with Crippen LogP contribution >= 0.6 is 0 Å². The van der Waals surface area contributed by atoms with Crippen LogP contribution in [0.15, 0.2) is 91.0 Å². The number of nitrogens with one attached hydrogen (secondary N) is 1. The summed E-state index contributed by atoms with van der Waals surface area (Å²) in [5, 5.41) is 13.1. The van der Waals surface area contributed by atoms with Crippen LogP contribution in [-0.4, -0.2) is 5.71 Å². The SMILES string of the molecule is N=C(C=C(N)c1ccc2c(ccc3ccccc32)c1)c1ccccc1. The van der Waals surface area contributed by atoms with E-state index in [2.05, 4.69) is 48.5 Å². The zero-order valence-electron chi connectivity index (χ0n) is 13.7. The van der Waals surface area contributed by atoms with Gasteiger partial charge in [-0.05, 0) is 44.8 Å². The van der Waals surface area contributed by atoms with E-state index in [0.29, 0.717) is 11.4 Å². The van der Waals surface area contributed by atoms with Gasteiger partial charge in [0, 0.05) is 5.70 Å². The van der Waals surface area contributed by atoms with Crippen LogP contribution in [0.1, 0.15) is 11.1 Å². The third kappa shape index (κ3) is 2.90. The molecule has 0 saturated carbocycles. The second-order valence-corrected chi connectivity index (χ2v) is 6.10. The third-order valence-electron chi connectivity index (χ3n) is 4.46. The lowest BCUT2D eigenvalue weighted by atomic mass is 9.99. The first-order chi connectivity index (χ1) is 12.2. The van der Waals surface area contributed by atoms with E-state index in [1.165, 1.54) is 16.2 Å². The van der Waals surface area contributed by atoms with Gasteiger partial charge >= 0.3 is 0 Å². The van der Waals surface area contributed by atoms with Gasteiger partial charge in [0.1, 0.15) is 0 Å². The second kappa shape index (κ2) is 6.25. The van der Waals surface area contributed by atoms with Crippen molar-refractivity contribution < 1.29 is 0 Å². The van der Waals surface area contributed by atoms with E-state index in [0.717, 1.165) is 16.5 Å². The molecule has 0 amide bonds. The molecule has 0 radical (unpaired) electrons. The van der Waals surface area contributed by atoms with E-state index in [4.69, 9.17) is 11.1 Å². The fourth-order valence-corrected chi connectivity index (χ4v) is 3.13. The zero-order chi connectivity index (χ0) is 17.2. The number of allylic oxidation sites excluding steroid dienone is 1. The molecule has 4 aromatic carbocycles. The minimum atomic E-state index is 0.414. The maximum atomic E-state index is 8.22. The molecule has 0 bridgehead atoms. The van der Waals surface area contributed by atoms with Crippen LogP contribution in [0.2, 0.25) is 0 Å². The van der Waals surface area contributed by atoms with E-state index in [1.54, 1.807) is 6.08 Å². The van der Waals surface area contributed by atoms with Gasteiger partial charge in [0.15, 0.2) is 0 Å². The molecule has 4 aromatic rings. The number of fused-ring (bicyclic) bond motifs is 3. The first-order valence-electron chi connectivity index (χ1n) is 8.25. The van der Waals surface area contributed by atoms with Gasteiger partial charge in [0.2, 0.25) is 0 Å². The van der Waals surface area contributed by atoms with Crippen LogP contribution in [0.4, 0.5) is 0 Å². The molecule has 3 N–H and O–H groups in total. The summed E-state index contributed by atoms with van der Waals surface area (Å²) in [5.74, 6) is 0. The lowest BCUT2D eigenvalue weighted by molar-refractivity contribution is 1.48. The predicted octanol–water partition coefficient (Wildman–Crippen LogP) is 5.36. The Labute approximate surface area is 146 Å². The van der Waals surface area contributed by atoms with E-state index >= 15 is 0 Å². The van der Waals surface area contributed by atoms with Crippen LogP contribution < -0.4 is 5.73 Å². The van der Waals surface area contributed by atoms with Crippen molar-refractivity contribution in [2.75, 3.05) is 0 Å². The molecule has 2 nitrogen and oxygen atoms in total. The molecule has 0 heterocycles. The average molecular weight is 322 g/mol. The van der Waals surface area contributed by atoms with Crippen molar-refractivity contribution in [2.24, 2.45) is 5.73 Å². The molecule has 0 spiro atoms. The highest BCUT2D eigenvalue weighted by Crippen LogP contribution is 2.27. The van der Waals surface area contributed by atoms with Crippen molar-refractivity contribution in [3.8, 4) is 0 Å². The molecule has 4 rings (SSSR count). The summed E-state index contributed by atoms with van der Waals surface area (Å²) < 4.78 is 0. The van der Waals surface area contributed by atoms with Crippen molar-refractivity contribution in [1.82, 2.24) is 0 Å². The molecule has 0 saturated heterocycles.